The highest BCUT2D eigenvalue weighted by atomic mass is 16.5. The van der Waals surface area contributed by atoms with Gasteiger partial charge in [0.2, 0.25) is 0 Å². The number of hydrogen-bond acceptors (Lipinski definition) is 4. The lowest BCUT2D eigenvalue weighted by atomic mass is 9.86. The fourth-order valence-electron chi connectivity index (χ4n) is 2.12. The van der Waals surface area contributed by atoms with E-state index in [4.69, 9.17) is 9.15 Å². The van der Waals surface area contributed by atoms with Gasteiger partial charge in [0.1, 0.15) is 11.9 Å². The predicted octanol–water partition coefficient (Wildman–Crippen LogP) is 2.83. The van der Waals surface area contributed by atoms with Gasteiger partial charge in [-0.3, -0.25) is 0 Å². The van der Waals surface area contributed by atoms with Crippen LogP contribution >= 0.6 is 0 Å². The first kappa shape index (κ1) is 14.1. The minimum atomic E-state index is -1.00. The second-order valence-corrected chi connectivity index (χ2v) is 4.37. The van der Waals surface area contributed by atoms with Gasteiger partial charge in [-0.1, -0.05) is 36.9 Å². The number of esters is 1. The van der Waals surface area contributed by atoms with Crippen molar-refractivity contribution < 1.29 is 19.1 Å². The van der Waals surface area contributed by atoms with E-state index in [0.717, 1.165) is 5.56 Å². The van der Waals surface area contributed by atoms with E-state index >= 15 is 0 Å². The van der Waals surface area contributed by atoms with Crippen LogP contribution in [-0.4, -0.2) is 18.2 Å². The highest BCUT2D eigenvalue weighted by Crippen LogP contribution is 2.36. The summed E-state index contributed by atoms with van der Waals surface area (Å²) in [6, 6.07) is 12.5. The second kappa shape index (κ2) is 6.21. The van der Waals surface area contributed by atoms with E-state index < -0.39 is 18.0 Å². The lowest BCUT2D eigenvalue weighted by Gasteiger charge is -2.22. The highest BCUT2D eigenvalue weighted by molar-refractivity contribution is 5.89. The Morgan fingerprint density at radius 2 is 1.95 bits per heavy atom. The zero-order valence-corrected chi connectivity index (χ0v) is 11.2. The quantitative estimate of drug-likeness (QED) is 0.671. The first-order valence-corrected chi connectivity index (χ1v) is 6.18. The zero-order valence-electron chi connectivity index (χ0n) is 11.2. The Morgan fingerprint density at radius 3 is 2.50 bits per heavy atom. The van der Waals surface area contributed by atoms with Crippen molar-refractivity contribution in [1.29, 1.82) is 0 Å². The molecule has 0 amide bonds. The highest BCUT2D eigenvalue weighted by Gasteiger charge is 2.31. The van der Waals surface area contributed by atoms with Crippen LogP contribution in [-0.2, 0) is 9.53 Å². The third-order valence-electron chi connectivity index (χ3n) is 3.13. The smallest absolute Gasteiger partial charge is 0.333 e. The molecule has 0 spiro atoms. The molecule has 4 heteroatoms. The molecule has 4 nitrogen and oxygen atoms in total. The molecule has 0 saturated carbocycles. The minimum Gasteiger partial charge on any atom is -0.467 e. The van der Waals surface area contributed by atoms with Crippen molar-refractivity contribution in [2.24, 2.45) is 0 Å². The molecule has 2 aromatic rings. The molecule has 0 unspecified atom stereocenters. The molecule has 0 fully saturated rings. The molecule has 1 heterocycles. The summed E-state index contributed by atoms with van der Waals surface area (Å²) in [5.41, 5.74) is 0.953. The van der Waals surface area contributed by atoms with Crippen LogP contribution in [0.1, 0.15) is 23.3 Å². The molecular weight excluding hydrogens is 256 g/mol. The number of rotatable bonds is 5. The molecular formula is C16H16O4. The SMILES string of the molecule is C=C(C(=O)OC)[C@H](c1ccccc1)[C@H](O)c1ccco1. The average molecular weight is 272 g/mol. The molecule has 0 aliphatic rings. The van der Waals surface area contributed by atoms with E-state index in [1.54, 1.807) is 12.1 Å². The standard InChI is InChI=1S/C16H16O4/c1-11(16(18)19-2)14(12-7-4-3-5-8-12)15(17)13-9-6-10-20-13/h3-10,14-15,17H,1H2,2H3/t14-,15-/m1/s1. The van der Waals surface area contributed by atoms with Crippen molar-refractivity contribution in [3.8, 4) is 0 Å². The van der Waals surface area contributed by atoms with Gasteiger partial charge in [0, 0.05) is 11.5 Å². The van der Waals surface area contributed by atoms with Crippen LogP contribution in [0, 0.1) is 0 Å². The lowest BCUT2D eigenvalue weighted by Crippen LogP contribution is -2.18. The van der Waals surface area contributed by atoms with Crippen LogP contribution in [0.2, 0.25) is 0 Å². The molecule has 104 valence electrons. The van der Waals surface area contributed by atoms with Crippen LogP contribution in [0.4, 0.5) is 0 Å². The number of ether oxygens (including phenoxy) is 1. The summed E-state index contributed by atoms with van der Waals surface area (Å²) in [5, 5.41) is 10.5. The lowest BCUT2D eigenvalue weighted by molar-refractivity contribution is -0.136. The van der Waals surface area contributed by atoms with Crippen molar-refractivity contribution >= 4 is 5.97 Å². The van der Waals surface area contributed by atoms with Crippen LogP contribution in [0.3, 0.4) is 0 Å². The van der Waals surface area contributed by atoms with Crippen molar-refractivity contribution in [3.05, 3.63) is 72.2 Å². The summed E-state index contributed by atoms with van der Waals surface area (Å²) < 4.78 is 9.92. The Bertz CT molecular complexity index is 572. The van der Waals surface area contributed by atoms with Crippen molar-refractivity contribution in [2.45, 2.75) is 12.0 Å². The van der Waals surface area contributed by atoms with Gasteiger partial charge in [0.25, 0.3) is 0 Å². The Labute approximate surface area is 117 Å². The second-order valence-electron chi connectivity index (χ2n) is 4.37. The fraction of sp³-hybridized carbons (Fsp3) is 0.188. The first-order valence-electron chi connectivity index (χ1n) is 6.18. The van der Waals surface area contributed by atoms with E-state index in [9.17, 15) is 9.90 Å². The van der Waals surface area contributed by atoms with E-state index in [1.165, 1.54) is 13.4 Å². The summed E-state index contributed by atoms with van der Waals surface area (Å²) in [6.07, 6.45) is 0.473. The summed E-state index contributed by atoms with van der Waals surface area (Å²) in [5.74, 6) is -0.789. The normalized spacial score (nSPS) is 13.5. The van der Waals surface area contributed by atoms with Gasteiger partial charge in [-0.15, -0.1) is 0 Å². The van der Waals surface area contributed by atoms with Crippen molar-refractivity contribution in [2.75, 3.05) is 7.11 Å². The van der Waals surface area contributed by atoms with Gasteiger partial charge in [-0.25, -0.2) is 4.79 Å². The predicted molar refractivity (Wildman–Crippen MR) is 74.0 cm³/mol. The topological polar surface area (TPSA) is 59.7 Å². The number of benzene rings is 1. The maximum absolute atomic E-state index is 11.7. The number of hydrogen-bond donors (Lipinski definition) is 1. The molecule has 2 rings (SSSR count). The third-order valence-corrected chi connectivity index (χ3v) is 3.13. The van der Waals surface area contributed by atoms with Gasteiger partial charge < -0.3 is 14.3 Å². The van der Waals surface area contributed by atoms with Crippen molar-refractivity contribution in [3.63, 3.8) is 0 Å². The maximum Gasteiger partial charge on any atom is 0.333 e. The Kier molecular flexibility index (Phi) is 4.38. The number of carbonyl (C=O) groups excluding carboxylic acids is 1. The maximum atomic E-state index is 11.7. The van der Waals surface area contributed by atoms with Gasteiger partial charge in [0.05, 0.1) is 13.4 Å². The molecule has 20 heavy (non-hydrogen) atoms. The molecule has 1 aromatic carbocycles. The number of methoxy groups -OCH3 is 1. The molecule has 1 N–H and O–H groups in total. The summed E-state index contributed by atoms with van der Waals surface area (Å²) in [6.45, 7) is 3.76. The van der Waals surface area contributed by atoms with E-state index in [0.29, 0.717) is 5.76 Å². The molecule has 0 saturated heterocycles. The van der Waals surface area contributed by atoms with Gasteiger partial charge in [-0.05, 0) is 17.7 Å². The van der Waals surface area contributed by atoms with Crippen LogP contribution in [0.5, 0.6) is 0 Å². The summed E-state index contributed by atoms with van der Waals surface area (Å²) in [7, 11) is 1.29. The number of carbonyl (C=O) groups is 1. The number of aliphatic hydroxyl groups is 1. The molecule has 1 aromatic heterocycles. The third kappa shape index (κ3) is 2.81. The average Bonchev–Trinajstić information content (AvgIpc) is 3.01. The molecule has 0 bridgehead atoms. The van der Waals surface area contributed by atoms with E-state index in [-0.39, 0.29) is 5.57 Å². The largest absolute Gasteiger partial charge is 0.467 e. The summed E-state index contributed by atoms with van der Waals surface area (Å²) >= 11 is 0. The zero-order chi connectivity index (χ0) is 14.5. The van der Waals surface area contributed by atoms with Crippen LogP contribution < -0.4 is 0 Å². The number of furan rings is 1. The van der Waals surface area contributed by atoms with Gasteiger partial charge >= 0.3 is 5.97 Å². The molecule has 0 aliphatic carbocycles. The van der Waals surface area contributed by atoms with E-state index in [1.807, 2.05) is 30.3 Å². The van der Waals surface area contributed by atoms with E-state index in [2.05, 4.69) is 6.58 Å². The van der Waals surface area contributed by atoms with Crippen LogP contribution in [0.25, 0.3) is 0 Å². The van der Waals surface area contributed by atoms with Gasteiger partial charge in [0.15, 0.2) is 0 Å². The molecule has 0 radical (unpaired) electrons. The monoisotopic (exact) mass is 272 g/mol. The number of aliphatic hydroxyl groups excluding tert-OH is 1. The Balaban J connectivity index is 2.39. The van der Waals surface area contributed by atoms with Gasteiger partial charge in [-0.2, -0.15) is 0 Å². The molecule has 2 atom stereocenters. The summed E-state index contributed by atoms with van der Waals surface area (Å²) in [4.78, 5) is 11.7. The minimum absolute atomic E-state index is 0.183. The first-order chi connectivity index (χ1) is 9.65. The molecule has 0 aliphatic heterocycles. The van der Waals surface area contributed by atoms with Crippen LogP contribution in [0.15, 0.2) is 65.3 Å². The van der Waals surface area contributed by atoms with Crippen molar-refractivity contribution in [1.82, 2.24) is 0 Å². The Hall–Kier alpha value is -2.33. The fourth-order valence-corrected chi connectivity index (χ4v) is 2.12. The Morgan fingerprint density at radius 1 is 1.25 bits per heavy atom.